The molecule has 0 spiro atoms. The van der Waals surface area contributed by atoms with Crippen molar-refractivity contribution in [3.63, 3.8) is 0 Å². The van der Waals surface area contributed by atoms with Crippen molar-refractivity contribution >= 4 is 21.6 Å². The topological polar surface area (TPSA) is 3.24 Å². The van der Waals surface area contributed by atoms with Gasteiger partial charge in [0.25, 0.3) is 0 Å². The Labute approximate surface area is 121 Å². The number of rotatable bonds is 2. The maximum absolute atomic E-state index is 14.0. The number of para-hydroxylation sites is 1. The smallest absolute Gasteiger partial charge is 0.146 e. The van der Waals surface area contributed by atoms with E-state index in [0.717, 1.165) is 23.9 Å². The molecule has 0 saturated carbocycles. The molecular weight excluding hydrogens is 305 g/mol. The number of anilines is 1. The van der Waals surface area contributed by atoms with Gasteiger partial charge in [-0.05, 0) is 42.7 Å². The van der Waals surface area contributed by atoms with Crippen molar-refractivity contribution in [2.45, 2.75) is 18.9 Å². The predicted octanol–water partition coefficient (Wildman–Crippen LogP) is 4.93. The second kappa shape index (κ2) is 5.33. The van der Waals surface area contributed by atoms with Gasteiger partial charge in [0.2, 0.25) is 0 Å². The van der Waals surface area contributed by atoms with Gasteiger partial charge in [0, 0.05) is 11.0 Å². The number of hydrogen-bond donors (Lipinski definition) is 0. The molecule has 19 heavy (non-hydrogen) atoms. The van der Waals surface area contributed by atoms with Crippen LogP contribution < -0.4 is 4.90 Å². The van der Waals surface area contributed by atoms with Crippen LogP contribution in [0.1, 0.15) is 24.4 Å². The maximum atomic E-state index is 14.0. The summed E-state index contributed by atoms with van der Waals surface area (Å²) in [7, 11) is 0. The van der Waals surface area contributed by atoms with Crippen molar-refractivity contribution in [2.75, 3.05) is 11.4 Å². The third-order valence-electron chi connectivity index (χ3n) is 3.65. The lowest BCUT2D eigenvalue weighted by atomic mass is 10.0. The Balaban J connectivity index is 1.96. The van der Waals surface area contributed by atoms with Crippen molar-refractivity contribution in [2.24, 2.45) is 0 Å². The third kappa shape index (κ3) is 2.52. The van der Waals surface area contributed by atoms with Gasteiger partial charge in [-0.15, -0.1) is 0 Å². The fourth-order valence-corrected chi connectivity index (χ4v) is 3.22. The van der Waals surface area contributed by atoms with Gasteiger partial charge < -0.3 is 4.90 Å². The van der Waals surface area contributed by atoms with Crippen molar-refractivity contribution in [3.05, 3.63) is 64.4 Å². The summed E-state index contributed by atoms with van der Waals surface area (Å²) in [5.41, 5.74) is 1.96. The highest BCUT2D eigenvalue weighted by Crippen LogP contribution is 2.37. The van der Waals surface area contributed by atoms with Gasteiger partial charge in [-0.3, -0.25) is 0 Å². The average Bonchev–Trinajstić information content (AvgIpc) is 2.88. The van der Waals surface area contributed by atoms with E-state index in [1.54, 1.807) is 6.07 Å². The number of nitrogens with zero attached hydrogens (tertiary/aromatic N) is 1. The van der Waals surface area contributed by atoms with Crippen LogP contribution in [0.4, 0.5) is 10.1 Å². The zero-order chi connectivity index (χ0) is 13.2. The van der Waals surface area contributed by atoms with E-state index in [9.17, 15) is 4.39 Å². The molecule has 0 bridgehead atoms. The molecule has 1 nitrogen and oxygen atoms in total. The van der Waals surface area contributed by atoms with E-state index in [4.69, 9.17) is 0 Å². The summed E-state index contributed by atoms with van der Waals surface area (Å²) < 4.78 is 15.0. The lowest BCUT2D eigenvalue weighted by molar-refractivity contribution is 0.611. The first-order valence-electron chi connectivity index (χ1n) is 6.52. The molecular formula is C16H15BrFN. The molecule has 1 aliphatic heterocycles. The summed E-state index contributed by atoms with van der Waals surface area (Å²) >= 11 is 3.51. The molecule has 1 unspecified atom stereocenters. The Bertz CT molecular complexity index is 584. The molecule has 0 N–H and O–H groups in total. The van der Waals surface area contributed by atoms with Crippen molar-refractivity contribution in [1.29, 1.82) is 0 Å². The quantitative estimate of drug-likeness (QED) is 0.758. The molecule has 3 heteroatoms. The molecule has 0 aliphatic carbocycles. The lowest BCUT2D eigenvalue weighted by Crippen LogP contribution is -2.23. The fourth-order valence-electron chi connectivity index (χ4n) is 2.80. The first kappa shape index (κ1) is 12.7. The molecule has 0 radical (unpaired) electrons. The van der Waals surface area contributed by atoms with E-state index in [-0.39, 0.29) is 11.9 Å². The zero-order valence-electron chi connectivity index (χ0n) is 10.5. The molecule has 2 aromatic rings. The van der Waals surface area contributed by atoms with Gasteiger partial charge in [-0.2, -0.15) is 0 Å². The van der Waals surface area contributed by atoms with Crippen LogP contribution in [0.15, 0.2) is 53.0 Å². The van der Waals surface area contributed by atoms with E-state index in [0.29, 0.717) is 5.69 Å². The number of halogens is 2. The highest BCUT2D eigenvalue weighted by atomic mass is 79.9. The molecule has 98 valence electrons. The second-order valence-corrected chi connectivity index (χ2v) is 5.77. The Hall–Kier alpha value is -1.35. The third-order valence-corrected chi connectivity index (χ3v) is 4.14. The molecule has 0 amide bonds. The predicted molar refractivity (Wildman–Crippen MR) is 79.9 cm³/mol. The van der Waals surface area contributed by atoms with Crippen molar-refractivity contribution in [1.82, 2.24) is 0 Å². The fraction of sp³-hybridized carbons (Fsp3) is 0.250. The Kier molecular flexibility index (Phi) is 3.56. The molecule has 1 atom stereocenters. The summed E-state index contributed by atoms with van der Waals surface area (Å²) in [4.78, 5) is 2.18. The molecule has 1 heterocycles. The summed E-state index contributed by atoms with van der Waals surface area (Å²) in [6.07, 6.45) is 2.18. The summed E-state index contributed by atoms with van der Waals surface area (Å²) in [5, 5.41) is 0. The lowest BCUT2D eigenvalue weighted by Gasteiger charge is -2.27. The number of hydrogen-bond acceptors (Lipinski definition) is 1. The van der Waals surface area contributed by atoms with E-state index in [2.05, 4.69) is 33.0 Å². The number of benzene rings is 2. The highest BCUT2D eigenvalue weighted by molar-refractivity contribution is 9.10. The van der Waals surface area contributed by atoms with Crippen molar-refractivity contribution < 1.29 is 4.39 Å². The second-order valence-electron chi connectivity index (χ2n) is 4.86. The monoisotopic (exact) mass is 319 g/mol. The molecule has 2 aromatic carbocycles. The molecule has 3 rings (SSSR count). The minimum absolute atomic E-state index is 0.135. The first-order valence-corrected chi connectivity index (χ1v) is 7.31. The molecule has 0 aromatic heterocycles. The van der Waals surface area contributed by atoms with Gasteiger partial charge in [0.1, 0.15) is 5.82 Å². The standard InChI is InChI=1S/C16H15BrFN/c17-13-6-3-5-12(11-13)15-9-4-10-19(15)16-8-2-1-7-14(16)18/h1-3,5-8,11,15H,4,9-10H2. The minimum atomic E-state index is -0.135. The SMILES string of the molecule is Fc1ccccc1N1CCCC1c1cccc(Br)c1. The summed E-state index contributed by atoms with van der Waals surface area (Å²) in [6, 6.07) is 15.6. The van der Waals surface area contributed by atoms with Crippen molar-refractivity contribution in [3.8, 4) is 0 Å². The molecule has 1 aliphatic rings. The largest absolute Gasteiger partial charge is 0.362 e. The van der Waals surface area contributed by atoms with Gasteiger partial charge in [-0.25, -0.2) is 4.39 Å². The van der Waals surface area contributed by atoms with Crippen LogP contribution in [-0.4, -0.2) is 6.54 Å². The Morgan fingerprint density at radius 3 is 2.74 bits per heavy atom. The van der Waals surface area contributed by atoms with Gasteiger partial charge in [0.05, 0.1) is 11.7 Å². The van der Waals surface area contributed by atoms with Crippen LogP contribution in [0.2, 0.25) is 0 Å². The van der Waals surface area contributed by atoms with Gasteiger partial charge >= 0.3 is 0 Å². The van der Waals surface area contributed by atoms with E-state index >= 15 is 0 Å². The van der Waals surface area contributed by atoms with Crippen LogP contribution in [0.5, 0.6) is 0 Å². The van der Waals surface area contributed by atoms with Gasteiger partial charge in [-0.1, -0.05) is 40.2 Å². The minimum Gasteiger partial charge on any atom is -0.362 e. The Morgan fingerprint density at radius 1 is 1.11 bits per heavy atom. The van der Waals surface area contributed by atoms with Gasteiger partial charge in [0.15, 0.2) is 0 Å². The summed E-state index contributed by atoms with van der Waals surface area (Å²) in [5.74, 6) is -0.135. The average molecular weight is 320 g/mol. The molecule has 1 fully saturated rings. The van der Waals surface area contributed by atoms with E-state index < -0.39 is 0 Å². The van der Waals surface area contributed by atoms with E-state index in [1.807, 2.05) is 24.3 Å². The normalized spacial score (nSPS) is 18.8. The van der Waals surface area contributed by atoms with E-state index in [1.165, 1.54) is 11.6 Å². The Morgan fingerprint density at radius 2 is 1.95 bits per heavy atom. The highest BCUT2D eigenvalue weighted by Gasteiger charge is 2.27. The van der Waals surface area contributed by atoms with Crippen LogP contribution in [-0.2, 0) is 0 Å². The van der Waals surface area contributed by atoms with Crippen LogP contribution in [0, 0.1) is 5.82 Å². The zero-order valence-corrected chi connectivity index (χ0v) is 12.1. The van der Waals surface area contributed by atoms with Crippen LogP contribution in [0.25, 0.3) is 0 Å². The maximum Gasteiger partial charge on any atom is 0.146 e. The molecule has 1 saturated heterocycles. The summed E-state index contributed by atoms with van der Waals surface area (Å²) in [6.45, 7) is 0.915. The van der Waals surface area contributed by atoms with Crippen LogP contribution in [0.3, 0.4) is 0 Å². The van der Waals surface area contributed by atoms with Crippen LogP contribution >= 0.6 is 15.9 Å². The first-order chi connectivity index (χ1) is 9.25.